The minimum absolute atomic E-state index is 0.00565. The molecule has 5 nitrogen and oxygen atoms in total. The van der Waals surface area contributed by atoms with E-state index in [1.54, 1.807) is 24.5 Å². The number of aromatic nitrogens is 2. The molecule has 1 N–H and O–H groups in total. The summed E-state index contributed by atoms with van der Waals surface area (Å²) in [6.45, 7) is 1.40. The quantitative estimate of drug-likeness (QED) is 0.869. The molecule has 2 aromatic heterocycles. The maximum absolute atomic E-state index is 12.7. The highest BCUT2D eigenvalue weighted by Crippen LogP contribution is 2.37. The maximum atomic E-state index is 12.7. The number of pyridine rings is 2. The lowest BCUT2D eigenvalue weighted by Gasteiger charge is -2.41. The average molecular weight is 301 g/mol. The zero-order valence-electron chi connectivity index (χ0n) is 11.2. The van der Waals surface area contributed by atoms with E-state index < -0.39 is 5.66 Å². The molecule has 1 saturated heterocycles. The van der Waals surface area contributed by atoms with Gasteiger partial charge in [0, 0.05) is 31.9 Å². The summed E-state index contributed by atoms with van der Waals surface area (Å²) in [5.41, 5.74) is 1.69. The van der Waals surface area contributed by atoms with Crippen LogP contribution in [0, 0.1) is 0 Å². The molecule has 0 saturated carbocycles. The van der Waals surface area contributed by atoms with Crippen molar-refractivity contribution >= 4 is 17.5 Å². The third kappa shape index (κ3) is 1.78. The average Bonchev–Trinajstić information content (AvgIpc) is 2.93. The summed E-state index contributed by atoms with van der Waals surface area (Å²) in [5.74, 6) is 0.00565. The van der Waals surface area contributed by atoms with Gasteiger partial charge in [-0.15, -0.1) is 0 Å². The van der Waals surface area contributed by atoms with Crippen molar-refractivity contribution in [3.63, 3.8) is 0 Å². The third-order valence-corrected chi connectivity index (χ3v) is 4.38. The Labute approximate surface area is 127 Å². The molecule has 4 rings (SSSR count). The number of nitrogens with one attached hydrogen (secondary N) is 1. The lowest BCUT2D eigenvalue weighted by molar-refractivity contribution is 0.0486. The van der Waals surface area contributed by atoms with Crippen LogP contribution in [0.15, 0.2) is 36.7 Å². The number of fused-ring (bicyclic) bond motifs is 2. The van der Waals surface area contributed by atoms with E-state index in [4.69, 9.17) is 11.6 Å². The first-order valence-corrected chi connectivity index (χ1v) is 7.21. The van der Waals surface area contributed by atoms with E-state index in [2.05, 4.69) is 15.3 Å². The Bertz CT molecular complexity index is 718. The van der Waals surface area contributed by atoms with Crippen molar-refractivity contribution in [2.24, 2.45) is 0 Å². The molecule has 0 radical (unpaired) electrons. The van der Waals surface area contributed by atoms with E-state index in [1.807, 2.05) is 17.0 Å². The molecule has 6 heteroatoms. The summed E-state index contributed by atoms with van der Waals surface area (Å²) in [5, 5.41) is 4.02. The SMILES string of the molecule is O=C1c2cccnc2C[C@]2(c3ccc(Cl)cn3)NCCN12. The standard InChI is InChI=1S/C15H13ClN4O/c16-10-3-4-13(18-9-10)15-8-12-11(2-1-5-17-12)14(21)20(15)7-6-19-15/h1-5,9,19H,6-8H2/t15-/m0/s1. The van der Waals surface area contributed by atoms with Gasteiger partial charge in [-0.2, -0.15) is 0 Å². The molecule has 0 bridgehead atoms. The predicted molar refractivity (Wildman–Crippen MR) is 77.9 cm³/mol. The fourth-order valence-electron chi connectivity index (χ4n) is 3.19. The smallest absolute Gasteiger partial charge is 0.257 e. The van der Waals surface area contributed by atoms with Crippen LogP contribution in [0.3, 0.4) is 0 Å². The van der Waals surface area contributed by atoms with Crippen molar-refractivity contribution in [3.8, 4) is 0 Å². The van der Waals surface area contributed by atoms with Crippen LogP contribution < -0.4 is 5.32 Å². The van der Waals surface area contributed by atoms with Crippen molar-refractivity contribution in [1.82, 2.24) is 20.2 Å². The van der Waals surface area contributed by atoms with Gasteiger partial charge < -0.3 is 4.90 Å². The molecule has 2 aliphatic heterocycles. The zero-order valence-corrected chi connectivity index (χ0v) is 12.0. The molecule has 0 spiro atoms. The highest BCUT2D eigenvalue weighted by atomic mass is 35.5. The van der Waals surface area contributed by atoms with Crippen LogP contribution in [0.25, 0.3) is 0 Å². The summed E-state index contributed by atoms with van der Waals surface area (Å²) in [4.78, 5) is 23.4. The molecular formula is C15H13ClN4O. The number of amides is 1. The van der Waals surface area contributed by atoms with Gasteiger partial charge >= 0.3 is 0 Å². The third-order valence-electron chi connectivity index (χ3n) is 4.15. The van der Waals surface area contributed by atoms with E-state index in [0.717, 1.165) is 17.9 Å². The van der Waals surface area contributed by atoms with Gasteiger partial charge in [0.1, 0.15) is 5.66 Å². The Kier molecular flexibility index (Phi) is 2.74. The highest BCUT2D eigenvalue weighted by Gasteiger charge is 2.50. The minimum Gasteiger partial charge on any atom is -0.313 e. The van der Waals surface area contributed by atoms with Crippen LogP contribution in [0.1, 0.15) is 21.7 Å². The maximum Gasteiger partial charge on any atom is 0.257 e. The molecule has 1 amide bonds. The summed E-state index contributed by atoms with van der Waals surface area (Å²) in [6.07, 6.45) is 3.95. The lowest BCUT2D eigenvalue weighted by Crippen LogP contribution is -2.56. The summed E-state index contributed by atoms with van der Waals surface area (Å²) in [6, 6.07) is 7.31. The van der Waals surface area contributed by atoms with Crippen molar-refractivity contribution < 1.29 is 4.79 Å². The van der Waals surface area contributed by atoms with Crippen molar-refractivity contribution in [2.45, 2.75) is 12.1 Å². The molecular weight excluding hydrogens is 288 g/mol. The first kappa shape index (κ1) is 12.7. The van der Waals surface area contributed by atoms with Gasteiger partial charge in [-0.3, -0.25) is 20.1 Å². The molecule has 2 aliphatic rings. The van der Waals surface area contributed by atoms with Crippen LogP contribution in [-0.4, -0.2) is 33.9 Å². The Morgan fingerprint density at radius 1 is 1.29 bits per heavy atom. The van der Waals surface area contributed by atoms with Gasteiger partial charge in [-0.25, -0.2) is 0 Å². The Morgan fingerprint density at radius 3 is 3.00 bits per heavy atom. The first-order valence-electron chi connectivity index (χ1n) is 6.84. The van der Waals surface area contributed by atoms with Crippen LogP contribution >= 0.6 is 11.6 Å². The normalized spacial score (nSPS) is 23.9. The molecule has 106 valence electrons. The number of hydrogen-bond acceptors (Lipinski definition) is 4. The first-order chi connectivity index (χ1) is 10.2. The molecule has 4 heterocycles. The van der Waals surface area contributed by atoms with Crippen molar-refractivity contribution in [3.05, 3.63) is 58.6 Å². The van der Waals surface area contributed by atoms with Crippen LogP contribution in [0.2, 0.25) is 5.02 Å². The molecule has 21 heavy (non-hydrogen) atoms. The van der Waals surface area contributed by atoms with Crippen LogP contribution in [0.5, 0.6) is 0 Å². The topological polar surface area (TPSA) is 58.1 Å². The summed E-state index contributed by atoms with van der Waals surface area (Å²) >= 11 is 5.93. The largest absolute Gasteiger partial charge is 0.313 e. The van der Waals surface area contributed by atoms with E-state index in [1.165, 1.54) is 0 Å². The number of carbonyl (C=O) groups excluding carboxylic acids is 1. The lowest BCUT2D eigenvalue weighted by atomic mass is 9.90. The number of nitrogens with zero attached hydrogens (tertiary/aromatic N) is 3. The monoisotopic (exact) mass is 300 g/mol. The van der Waals surface area contributed by atoms with E-state index in [-0.39, 0.29) is 5.91 Å². The summed E-state index contributed by atoms with van der Waals surface area (Å²) < 4.78 is 0. The highest BCUT2D eigenvalue weighted by molar-refractivity contribution is 6.30. The Hall–Kier alpha value is -1.98. The number of carbonyl (C=O) groups is 1. The molecule has 1 atom stereocenters. The second-order valence-electron chi connectivity index (χ2n) is 5.28. The fraction of sp³-hybridized carbons (Fsp3) is 0.267. The van der Waals surface area contributed by atoms with Gasteiger partial charge in [0.15, 0.2) is 0 Å². The van der Waals surface area contributed by atoms with Gasteiger partial charge in [-0.05, 0) is 24.3 Å². The van der Waals surface area contributed by atoms with E-state index in [0.29, 0.717) is 23.6 Å². The number of halogens is 1. The van der Waals surface area contributed by atoms with Crippen molar-refractivity contribution in [1.29, 1.82) is 0 Å². The number of rotatable bonds is 1. The Morgan fingerprint density at radius 2 is 2.19 bits per heavy atom. The van der Waals surface area contributed by atoms with E-state index in [9.17, 15) is 4.79 Å². The van der Waals surface area contributed by atoms with Crippen LogP contribution in [-0.2, 0) is 12.1 Å². The number of hydrogen-bond donors (Lipinski definition) is 1. The van der Waals surface area contributed by atoms with Gasteiger partial charge in [-0.1, -0.05) is 11.6 Å². The fourth-order valence-corrected chi connectivity index (χ4v) is 3.31. The van der Waals surface area contributed by atoms with Gasteiger partial charge in [0.05, 0.1) is 22.0 Å². The zero-order chi connectivity index (χ0) is 14.4. The second kappa shape index (κ2) is 4.51. The minimum atomic E-state index is -0.608. The molecule has 0 aromatic carbocycles. The molecule has 1 fully saturated rings. The van der Waals surface area contributed by atoms with E-state index >= 15 is 0 Å². The van der Waals surface area contributed by atoms with Crippen molar-refractivity contribution in [2.75, 3.05) is 13.1 Å². The predicted octanol–water partition coefficient (Wildman–Crippen LogP) is 1.58. The van der Waals surface area contributed by atoms with Crippen LogP contribution in [0.4, 0.5) is 0 Å². The molecule has 0 aliphatic carbocycles. The van der Waals surface area contributed by atoms with Gasteiger partial charge in [0.25, 0.3) is 5.91 Å². The molecule has 2 aromatic rings. The molecule has 0 unspecified atom stereocenters. The van der Waals surface area contributed by atoms with Gasteiger partial charge in [0.2, 0.25) is 0 Å². The second-order valence-corrected chi connectivity index (χ2v) is 5.72. The summed E-state index contributed by atoms with van der Waals surface area (Å²) in [7, 11) is 0. The Balaban J connectivity index is 1.88.